The third-order valence-corrected chi connectivity index (χ3v) is 5.76. The quantitative estimate of drug-likeness (QED) is 0.557. The highest BCUT2D eigenvalue weighted by molar-refractivity contribution is 5.53. The first-order valence-electron chi connectivity index (χ1n) is 6.69. The molecule has 0 amide bonds. The van der Waals surface area contributed by atoms with Gasteiger partial charge in [0, 0.05) is 0 Å². The summed E-state index contributed by atoms with van der Waals surface area (Å²) in [7, 11) is 0. The van der Waals surface area contributed by atoms with E-state index in [0.717, 1.165) is 0 Å². The molecule has 0 spiro atoms. The fraction of sp³-hybridized carbons (Fsp3) is 1.00. The van der Waals surface area contributed by atoms with Crippen LogP contribution in [0.15, 0.2) is 0 Å². The van der Waals surface area contributed by atoms with E-state index in [1.165, 1.54) is 0 Å². The third kappa shape index (κ3) is 1.23. The molecular formula is C11HF17O. The van der Waals surface area contributed by atoms with Crippen molar-refractivity contribution in [2.45, 2.75) is 58.7 Å². The minimum absolute atomic E-state index is 7.78. The second kappa shape index (κ2) is 4.24. The lowest BCUT2D eigenvalue weighted by molar-refractivity contribution is -0.639. The lowest BCUT2D eigenvalue weighted by atomic mass is 9.36. The molecule has 0 aromatic rings. The summed E-state index contributed by atoms with van der Waals surface area (Å²) in [6.45, 7) is 0. The molecule has 1 nitrogen and oxygen atoms in total. The molecule has 18 heteroatoms. The number of aliphatic hydroxyl groups is 1. The zero-order chi connectivity index (χ0) is 23.5. The molecule has 0 radical (unpaired) electrons. The Kier molecular flexibility index (Phi) is 3.28. The highest BCUT2D eigenvalue weighted by atomic mass is 19.4. The van der Waals surface area contributed by atoms with Crippen molar-refractivity contribution >= 4 is 0 Å². The Hall–Kier alpha value is -1.23. The largest absolute Gasteiger partial charge is 0.377 e. The first kappa shape index (κ1) is 22.5. The van der Waals surface area contributed by atoms with Gasteiger partial charge >= 0.3 is 58.7 Å². The summed E-state index contributed by atoms with van der Waals surface area (Å²) in [6.07, 6.45) is -7.78. The van der Waals surface area contributed by atoms with E-state index in [1.807, 2.05) is 0 Å². The van der Waals surface area contributed by atoms with E-state index in [2.05, 4.69) is 0 Å². The summed E-state index contributed by atoms with van der Waals surface area (Å²) in [5.41, 5.74) is -32.6. The SMILES string of the molecule is OC(F)(F)C12C(F)(F)C3(F)C(F)(F)C(F)(C(F)(F)C(F)(C3(F)F)C1(F)F)C2(F)F. The van der Waals surface area contributed by atoms with Gasteiger partial charge in [0.1, 0.15) is 0 Å². The van der Waals surface area contributed by atoms with Gasteiger partial charge in [-0.15, -0.1) is 0 Å². The van der Waals surface area contributed by atoms with E-state index in [4.69, 9.17) is 5.11 Å². The van der Waals surface area contributed by atoms with Gasteiger partial charge in [-0.05, 0) is 0 Å². The Balaban J connectivity index is 2.80. The smallest absolute Gasteiger partial charge is 0.335 e. The van der Waals surface area contributed by atoms with E-state index in [-0.39, 0.29) is 0 Å². The highest BCUT2D eigenvalue weighted by Crippen LogP contribution is 2.92. The van der Waals surface area contributed by atoms with Crippen LogP contribution in [0.2, 0.25) is 0 Å². The van der Waals surface area contributed by atoms with Gasteiger partial charge < -0.3 is 5.11 Å². The molecule has 0 unspecified atom stereocenters. The van der Waals surface area contributed by atoms with Crippen molar-refractivity contribution in [2.24, 2.45) is 5.41 Å². The highest BCUT2D eigenvalue weighted by Gasteiger charge is 3.25. The Bertz CT molecular complexity index is 679. The van der Waals surface area contributed by atoms with Crippen LogP contribution >= 0.6 is 0 Å². The van der Waals surface area contributed by atoms with Crippen LogP contribution in [0.1, 0.15) is 0 Å². The molecule has 4 bridgehead atoms. The maximum Gasteiger partial charge on any atom is 0.377 e. The Morgan fingerprint density at radius 2 is 0.552 bits per heavy atom. The van der Waals surface area contributed by atoms with Crippen LogP contribution in [0, 0.1) is 5.41 Å². The normalized spacial score (nSPS) is 49.9. The Morgan fingerprint density at radius 3 is 0.690 bits per heavy atom. The summed E-state index contributed by atoms with van der Waals surface area (Å²) < 4.78 is 237. The lowest BCUT2D eigenvalue weighted by Gasteiger charge is -2.75. The first-order chi connectivity index (χ1) is 12.2. The predicted molar refractivity (Wildman–Crippen MR) is 50.8 cm³/mol. The van der Waals surface area contributed by atoms with Gasteiger partial charge in [0.25, 0.3) is 5.41 Å². The first-order valence-corrected chi connectivity index (χ1v) is 6.69. The van der Waals surface area contributed by atoms with Crippen molar-refractivity contribution in [2.75, 3.05) is 0 Å². The minimum atomic E-state index is -8.31. The number of hydrogen-bond donors (Lipinski definition) is 1. The molecule has 0 aromatic carbocycles. The molecule has 4 saturated carbocycles. The van der Waals surface area contributed by atoms with Crippen molar-refractivity contribution in [3.63, 3.8) is 0 Å². The standard InChI is InChI=1S/C11HF17O/c12-2-5(15,16)1(11(27,28)29)6(17,18)3(13,8(2,21)22)10(25,26)4(14,7(1,19)20)9(2,23)24/h29H. The van der Waals surface area contributed by atoms with E-state index >= 15 is 0 Å². The van der Waals surface area contributed by atoms with Crippen LogP contribution in [-0.4, -0.2) is 63.8 Å². The minimum Gasteiger partial charge on any atom is -0.335 e. The number of halogens is 17. The van der Waals surface area contributed by atoms with Gasteiger partial charge in [-0.25, -0.2) is 39.5 Å². The van der Waals surface area contributed by atoms with E-state index in [0.29, 0.717) is 0 Å². The molecule has 4 aliphatic carbocycles. The molecule has 1 N–H and O–H groups in total. The van der Waals surface area contributed by atoms with Crippen molar-refractivity contribution in [1.82, 2.24) is 0 Å². The van der Waals surface area contributed by atoms with Crippen LogP contribution < -0.4 is 0 Å². The van der Waals surface area contributed by atoms with Crippen LogP contribution in [0.3, 0.4) is 0 Å². The average molecular weight is 472 g/mol. The molecule has 0 saturated heterocycles. The number of alkyl halides is 17. The van der Waals surface area contributed by atoms with Crippen LogP contribution in [0.4, 0.5) is 74.6 Å². The van der Waals surface area contributed by atoms with Crippen LogP contribution in [0.25, 0.3) is 0 Å². The Labute approximate surface area is 145 Å². The second-order valence-corrected chi connectivity index (χ2v) is 6.71. The van der Waals surface area contributed by atoms with Crippen molar-refractivity contribution < 1.29 is 79.7 Å². The lowest BCUT2D eigenvalue weighted by Crippen LogP contribution is -3.09. The summed E-state index contributed by atoms with van der Waals surface area (Å²) in [4.78, 5) is 0. The molecule has 170 valence electrons. The summed E-state index contributed by atoms with van der Waals surface area (Å²) in [5.74, 6) is -49.4. The van der Waals surface area contributed by atoms with Gasteiger partial charge in [0.15, 0.2) is 0 Å². The van der Waals surface area contributed by atoms with Crippen molar-refractivity contribution in [1.29, 1.82) is 0 Å². The monoisotopic (exact) mass is 472 g/mol. The van der Waals surface area contributed by atoms with Gasteiger partial charge in [-0.3, -0.25) is 0 Å². The molecule has 0 atom stereocenters. The van der Waals surface area contributed by atoms with Gasteiger partial charge in [-0.1, -0.05) is 0 Å². The molecule has 0 heterocycles. The average Bonchev–Trinajstić information content (AvgIpc) is 2.45. The molecule has 0 aromatic heterocycles. The van der Waals surface area contributed by atoms with Crippen molar-refractivity contribution in [3.05, 3.63) is 0 Å². The van der Waals surface area contributed by atoms with Crippen molar-refractivity contribution in [3.8, 4) is 0 Å². The molecule has 0 aliphatic heterocycles. The zero-order valence-corrected chi connectivity index (χ0v) is 12.4. The second-order valence-electron chi connectivity index (χ2n) is 6.71. The maximum atomic E-state index is 14.3. The Morgan fingerprint density at radius 1 is 0.379 bits per heavy atom. The summed E-state index contributed by atoms with van der Waals surface area (Å²) in [5, 5.41) is 8.24. The van der Waals surface area contributed by atoms with Gasteiger partial charge in [0.2, 0.25) is 0 Å². The van der Waals surface area contributed by atoms with Crippen LogP contribution in [-0.2, 0) is 0 Å². The van der Waals surface area contributed by atoms with E-state index < -0.39 is 64.1 Å². The predicted octanol–water partition coefficient (Wildman–Crippen LogP) is 4.54. The molecule has 4 fully saturated rings. The molecule has 4 rings (SSSR count). The fourth-order valence-corrected chi connectivity index (χ4v) is 4.42. The molecule has 29 heavy (non-hydrogen) atoms. The number of hydrogen-bond acceptors (Lipinski definition) is 1. The molecule has 4 aliphatic rings. The summed E-state index contributed by atoms with van der Waals surface area (Å²) in [6, 6.07) is 0. The van der Waals surface area contributed by atoms with E-state index in [1.54, 1.807) is 0 Å². The third-order valence-electron chi connectivity index (χ3n) is 5.76. The topological polar surface area (TPSA) is 20.2 Å². The zero-order valence-electron chi connectivity index (χ0n) is 12.4. The van der Waals surface area contributed by atoms with Crippen LogP contribution in [0.5, 0.6) is 0 Å². The van der Waals surface area contributed by atoms with Gasteiger partial charge in [-0.2, -0.15) is 35.1 Å². The maximum absolute atomic E-state index is 14.3. The van der Waals surface area contributed by atoms with Gasteiger partial charge in [0.05, 0.1) is 0 Å². The number of rotatable bonds is 1. The van der Waals surface area contributed by atoms with E-state index in [9.17, 15) is 74.6 Å². The fourth-order valence-electron chi connectivity index (χ4n) is 4.42. The molecular weight excluding hydrogens is 471 g/mol. The summed E-state index contributed by atoms with van der Waals surface area (Å²) >= 11 is 0.